The Morgan fingerprint density at radius 2 is 1.97 bits per heavy atom. The third-order valence-electron chi connectivity index (χ3n) is 5.31. The summed E-state index contributed by atoms with van der Waals surface area (Å²) >= 11 is 11.9. The van der Waals surface area contributed by atoms with Gasteiger partial charge < -0.3 is 14.6 Å². The van der Waals surface area contributed by atoms with Crippen LogP contribution < -0.4 is 5.32 Å². The molecular formula is C21H22Cl2FN5O. The van der Waals surface area contributed by atoms with Crippen LogP contribution in [0.1, 0.15) is 24.2 Å². The lowest BCUT2D eigenvalue weighted by atomic mass is 10.1. The average molecular weight is 450 g/mol. The Morgan fingerprint density at radius 3 is 2.70 bits per heavy atom. The molecule has 6 nitrogen and oxygen atoms in total. The van der Waals surface area contributed by atoms with Gasteiger partial charge in [-0.25, -0.2) is 14.2 Å². The first-order valence-corrected chi connectivity index (χ1v) is 10.5. The highest BCUT2D eigenvalue weighted by molar-refractivity contribution is 6.35. The van der Waals surface area contributed by atoms with Gasteiger partial charge >= 0.3 is 6.03 Å². The highest BCUT2D eigenvalue weighted by Gasteiger charge is 2.24. The molecule has 1 aliphatic rings. The van der Waals surface area contributed by atoms with Gasteiger partial charge in [0.05, 0.1) is 16.8 Å². The van der Waals surface area contributed by atoms with Crippen LogP contribution in [0.2, 0.25) is 10.0 Å². The average Bonchev–Trinajstić information content (AvgIpc) is 3.13. The number of nitrogens with zero attached hydrogens (tertiary/aromatic N) is 4. The zero-order valence-corrected chi connectivity index (χ0v) is 18.0. The van der Waals surface area contributed by atoms with Crippen LogP contribution >= 0.6 is 23.2 Å². The minimum absolute atomic E-state index is 0.0380. The monoisotopic (exact) mass is 449 g/mol. The quantitative estimate of drug-likeness (QED) is 0.601. The summed E-state index contributed by atoms with van der Waals surface area (Å²) in [5, 5.41) is 3.18. The molecule has 30 heavy (non-hydrogen) atoms. The molecule has 1 saturated heterocycles. The zero-order chi connectivity index (χ0) is 21.3. The predicted octanol–water partition coefficient (Wildman–Crippen LogP) is 4.37. The largest absolute Gasteiger partial charge is 0.331 e. The second kappa shape index (κ2) is 8.79. The smallest absolute Gasteiger partial charge is 0.317 e. The number of piperazine rings is 1. The summed E-state index contributed by atoms with van der Waals surface area (Å²) in [4.78, 5) is 21.3. The molecule has 2 aromatic heterocycles. The van der Waals surface area contributed by atoms with Crippen LogP contribution in [0, 0.1) is 5.82 Å². The fourth-order valence-corrected chi connectivity index (χ4v) is 4.17. The highest BCUT2D eigenvalue weighted by Crippen LogP contribution is 2.28. The molecule has 1 aliphatic heterocycles. The molecule has 0 spiro atoms. The van der Waals surface area contributed by atoms with Gasteiger partial charge in [-0.1, -0.05) is 29.3 Å². The van der Waals surface area contributed by atoms with Crippen molar-refractivity contribution in [1.82, 2.24) is 24.5 Å². The van der Waals surface area contributed by atoms with Gasteiger partial charge in [0.15, 0.2) is 0 Å². The van der Waals surface area contributed by atoms with E-state index in [2.05, 4.69) is 15.2 Å². The second-order valence-corrected chi connectivity index (χ2v) is 8.23. The molecule has 0 saturated carbocycles. The first-order valence-electron chi connectivity index (χ1n) is 9.75. The molecule has 1 atom stereocenters. The summed E-state index contributed by atoms with van der Waals surface area (Å²) in [6, 6.07) is 7.91. The summed E-state index contributed by atoms with van der Waals surface area (Å²) in [6.45, 7) is 5.24. The standard InChI is InChI=1S/C21H22Cl2FN5O/c1-14(16-10-19(24)18(23)11-17(16)22)25-21(30)28-8-6-27(7-9-28)12-15-13-29-5-3-2-4-20(29)26-15/h2-5,10-11,13-14H,6-9,12H2,1H3,(H,25,30). The SMILES string of the molecule is CC(NC(=O)N1CCN(Cc2cn3ccccc3n2)CC1)c1cc(F)c(Cl)cc1Cl. The van der Waals surface area contributed by atoms with E-state index in [0.29, 0.717) is 23.7 Å². The van der Waals surface area contributed by atoms with Crippen LogP contribution in [0.25, 0.3) is 5.65 Å². The molecule has 4 rings (SSSR count). The van der Waals surface area contributed by atoms with Crippen LogP contribution in [0.4, 0.5) is 9.18 Å². The van der Waals surface area contributed by atoms with Crippen LogP contribution in [0.5, 0.6) is 0 Å². The minimum Gasteiger partial charge on any atom is -0.331 e. The lowest BCUT2D eigenvalue weighted by molar-refractivity contribution is 0.133. The number of nitrogens with one attached hydrogen (secondary N) is 1. The number of urea groups is 1. The maximum absolute atomic E-state index is 13.8. The molecule has 0 radical (unpaired) electrons. The molecule has 9 heteroatoms. The fraction of sp³-hybridized carbons (Fsp3) is 0.333. The van der Waals surface area contributed by atoms with Crippen molar-refractivity contribution in [3.05, 3.63) is 69.8 Å². The summed E-state index contributed by atoms with van der Waals surface area (Å²) in [6.07, 6.45) is 4.01. The van der Waals surface area contributed by atoms with E-state index in [1.165, 1.54) is 12.1 Å². The van der Waals surface area contributed by atoms with Gasteiger partial charge in [0, 0.05) is 50.1 Å². The number of rotatable bonds is 4. The number of aromatic nitrogens is 2. The Hall–Kier alpha value is -2.35. The van der Waals surface area contributed by atoms with E-state index >= 15 is 0 Å². The Kier molecular flexibility index (Phi) is 6.13. The van der Waals surface area contributed by atoms with Crippen molar-refractivity contribution in [2.45, 2.75) is 19.5 Å². The van der Waals surface area contributed by atoms with Crippen molar-refractivity contribution in [3.8, 4) is 0 Å². The number of hydrogen-bond donors (Lipinski definition) is 1. The molecule has 0 aliphatic carbocycles. The number of amides is 2. The Morgan fingerprint density at radius 1 is 1.20 bits per heavy atom. The molecule has 1 N–H and O–H groups in total. The predicted molar refractivity (Wildman–Crippen MR) is 115 cm³/mol. The molecule has 2 amide bonds. The normalized spacial score (nSPS) is 16.1. The van der Waals surface area contributed by atoms with Gasteiger partial charge in [0.1, 0.15) is 11.5 Å². The van der Waals surface area contributed by atoms with Crippen LogP contribution in [-0.4, -0.2) is 51.4 Å². The number of carbonyl (C=O) groups excluding carboxylic acids is 1. The summed E-state index contributed by atoms with van der Waals surface area (Å²) in [5.41, 5.74) is 2.43. The van der Waals surface area contributed by atoms with Crippen molar-refractivity contribution < 1.29 is 9.18 Å². The number of fused-ring (bicyclic) bond motifs is 1. The third kappa shape index (κ3) is 4.53. The third-order valence-corrected chi connectivity index (χ3v) is 5.92. The van der Waals surface area contributed by atoms with Gasteiger partial charge in [-0.05, 0) is 36.8 Å². The Balaban J connectivity index is 1.31. The topological polar surface area (TPSA) is 52.9 Å². The van der Waals surface area contributed by atoms with Gasteiger partial charge in [0.2, 0.25) is 0 Å². The van der Waals surface area contributed by atoms with Gasteiger partial charge in [0.25, 0.3) is 0 Å². The number of hydrogen-bond acceptors (Lipinski definition) is 3. The molecule has 0 bridgehead atoms. The van der Waals surface area contributed by atoms with Crippen molar-refractivity contribution in [2.75, 3.05) is 26.2 Å². The maximum Gasteiger partial charge on any atom is 0.317 e. The van der Waals surface area contributed by atoms with Crippen LogP contribution in [0.3, 0.4) is 0 Å². The van der Waals surface area contributed by atoms with E-state index in [1.807, 2.05) is 35.0 Å². The number of imidazole rings is 1. The Labute approximate surface area is 184 Å². The molecule has 3 heterocycles. The first kappa shape index (κ1) is 20.9. The first-order chi connectivity index (χ1) is 14.4. The van der Waals surface area contributed by atoms with E-state index < -0.39 is 11.9 Å². The highest BCUT2D eigenvalue weighted by atomic mass is 35.5. The van der Waals surface area contributed by atoms with Crippen molar-refractivity contribution in [1.29, 1.82) is 0 Å². The molecular weight excluding hydrogens is 428 g/mol. The lowest BCUT2D eigenvalue weighted by Gasteiger charge is -2.35. The van der Waals surface area contributed by atoms with Crippen molar-refractivity contribution in [3.63, 3.8) is 0 Å². The fourth-order valence-electron chi connectivity index (χ4n) is 3.63. The molecule has 1 unspecified atom stereocenters. The van der Waals surface area contributed by atoms with E-state index in [-0.39, 0.29) is 11.1 Å². The van der Waals surface area contributed by atoms with E-state index in [1.54, 1.807) is 11.8 Å². The van der Waals surface area contributed by atoms with Crippen LogP contribution in [-0.2, 0) is 6.54 Å². The van der Waals surface area contributed by atoms with Crippen LogP contribution in [0.15, 0.2) is 42.7 Å². The van der Waals surface area contributed by atoms with E-state index in [0.717, 1.165) is 31.0 Å². The molecule has 1 aromatic carbocycles. The van der Waals surface area contributed by atoms with Crippen molar-refractivity contribution >= 4 is 34.9 Å². The molecule has 158 valence electrons. The van der Waals surface area contributed by atoms with Gasteiger partial charge in [-0.15, -0.1) is 0 Å². The van der Waals surface area contributed by atoms with E-state index in [4.69, 9.17) is 23.2 Å². The second-order valence-electron chi connectivity index (χ2n) is 7.42. The number of benzene rings is 1. The summed E-state index contributed by atoms with van der Waals surface area (Å²) in [7, 11) is 0. The minimum atomic E-state index is -0.558. The maximum atomic E-state index is 13.8. The lowest BCUT2D eigenvalue weighted by Crippen LogP contribution is -2.51. The van der Waals surface area contributed by atoms with Crippen molar-refractivity contribution in [2.24, 2.45) is 0 Å². The van der Waals surface area contributed by atoms with Gasteiger partial charge in [-0.2, -0.15) is 0 Å². The van der Waals surface area contributed by atoms with Gasteiger partial charge in [-0.3, -0.25) is 4.90 Å². The zero-order valence-electron chi connectivity index (χ0n) is 16.5. The summed E-state index contributed by atoms with van der Waals surface area (Å²) < 4.78 is 15.8. The summed E-state index contributed by atoms with van der Waals surface area (Å²) in [5.74, 6) is -0.558. The molecule has 1 fully saturated rings. The number of carbonyl (C=O) groups is 1. The Bertz CT molecular complexity index is 1030. The molecule has 3 aromatic rings. The van der Waals surface area contributed by atoms with E-state index in [9.17, 15) is 9.18 Å². The number of pyridine rings is 1. The number of halogens is 3.